The molecule has 0 radical (unpaired) electrons. The number of rotatable bonds is 6. The van der Waals surface area contributed by atoms with Gasteiger partial charge in [-0.3, -0.25) is 0 Å². The van der Waals surface area contributed by atoms with E-state index < -0.39 is 0 Å². The number of aromatic nitrogens is 3. The summed E-state index contributed by atoms with van der Waals surface area (Å²) < 4.78 is 0. The highest BCUT2D eigenvalue weighted by Crippen LogP contribution is 2.50. The zero-order valence-electron chi connectivity index (χ0n) is 26.2. The van der Waals surface area contributed by atoms with Crippen LogP contribution in [0.4, 0.5) is 0 Å². The van der Waals surface area contributed by atoms with Gasteiger partial charge in [0.1, 0.15) is 0 Å². The Hall–Kier alpha value is -5.41. The third kappa shape index (κ3) is 5.11. The molecule has 0 spiro atoms. The van der Waals surface area contributed by atoms with Crippen molar-refractivity contribution in [2.45, 2.75) is 33.1 Å². The van der Waals surface area contributed by atoms with Gasteiger partial charge >= 0.3 is 0 Å². The molecule has 3 nitrogen and oxygen atoms in total. The van der Waals surface area contributed by atoms with Gasteiger partial charge in [-0.2, -0.15) is 0 Å². The van der Waals surface area contributed by atoms with Gasteiger partial charge in [0.05, 0.1) is 0 Å². The summed E-state index contributed by atoms with van der Waals surface area (Å²) in [5, 5.41) is 0. The van der Waals surface area contributed by atoms with Crippen molar-refractivity contribution in [2.24, 2.45) is 0 Å². The van der Waals surface area contributed by atoms with Gasteiger partial charge in [-0.15, -0.1) is 0 Å². The SMILES string of the molecule is C=C(C)c1cc(-c2ccccc2)cc(-c2nc(-c3ccccc3)nc(-c3ccc4c(c3)C(C)(C)c3cc(C(=C)C)ccc3-4)n2)c1. The van der Waals surface area contributed by atoms with Crippen LogP contribution in [-0.4, -0.2) is 15.0 Å². The van der Waals surface area contributed by atoms with E-state index in [-0.39, 0.29) is 5.41 Å². The number of fused-ring (bicyclic) bond motifs is 3. The summed E-state index contributed by atoms with van der Waals surface area (Å²) in [6.45, 7) is 17.1. The maximum Gasteiger partial charge on any atom is 0.164 e. The monoisotopic (exact) mass is 581 g/mol. The largest absolute Gasteiger partial charge is 0.208 e. The second-order valence-corrected chi connectivity index (χ2v) is 12.5. The number of nitrogens with zero attached hydrogens (tertiary/aromatic N) is 3. The van der Waals surface area contributed by atoms with E-state index in [1.54, 1.807) is 0 Å². The second-order valence-electron chi connectivity index (χ2n) is 12.5. The van der Waals surface area contributed by atoms with E-state index >= 15 is 0 Å². The molecular weight excluding hydrogens is 546 g/mol. The Labute approximate surface area is 265 Å². The van der Waals surface area contributed by atoms with Crippen LogP contribution in [0.3, 0.4) is 0 Å². The first-order valence-electron chi connectivity index (χ1n) is 15.3. The van der Waals surface area contributed by atoms with Gasteiger partial charge in [0.15, 0.2) is 17.5 Å². The zero-order chi connectivity index (χ0) is 31.3. The van der Waals surface area contributed by atoms with Gasteiger partial charge in [0, 0.05) is 22.1 Å². The van der Waals surface area contributed by atoms with Crippen LogP contribution in [0.25, 0.3) is 67.6 Å². The van der Waals surface area contributed by atoms with Gasteiger partial charge in [-0.1, -0.05) is 129 Å². The van der Waals surface area contributed by atoms with Crippen LogP contribution in [0.15, 0.2) is 128 Å². The van der Waals surface area contributed by atoms with Crippen molar-refractivity contribution in [3.63, 3.8) is 0 Å². The van der Waals surface area contributed by atoms with Gasteiger partial charge in [-0.05, 0) is 82.6 Å². The lowest BCUT2D eigenvalue weighted by atomic mass is 9.81. The Kier molecular flexibility index (Phi) is 6.90. The van der Waals surface area contributed by atoms with Crippen molar-refractivity contribution >= 4 is 11.1 Å². The Morgan fingerprint density at radius 3 is 1.60 bits per heavy atom. The number of allylic oxidation sites excluding steroid dienone is 2. The standard InChI is InChI=1S/C42H35N3/c1-26(2)30-17-19-35-36-20-18-31(25-38(36)42(5,6)37(35)24-30)40-43-39(29-15-11-8-12-16-29)44-41(45-40)34-22-32(27(3)4)21-33(23-34)28-13-9-7-10-14-28/h7-25H,1,3H2,2,4-6H3. The molecule has 0 amide bonds. The molecule has 218 valence electrons. The molecule has 45 heavy (non-hydrogen) atoms. The molecule has 1 heterocycles. The minimum absolute atomic E-state index is 0.176. The maximum absolute atomic E-state index is 5.13. The van der Waals surface area contributed by atoms with Gasteiger partial charge < -0.3 is 0 Å². The molecule has 7 rings (SSSR count). The molecule has 0 fully saturated rings. The maximum atomic E-state index is 5.13. The molecule has 3 heteroatoms. The van der Waals surface area contributed by atoms with Crippen LogP contribution in [0, 0.1) is 0 Å². The molecule has 0 unspecified atom stereocenters. The Morgan fingerprint density at radius 1 is 0.467 bits per heavy atom. The fourth-order valence-electron chi connectivity index (χ4n) is 6.29. The minimum atomic E-state index is -0.176. The van der Waals surface area contributed by atoms with Crippen LogP contribution in [0.2, 0.25) is 0 Å². The molecule has 0 atom stereocenters. The molecule has 1 aliphatic carbocycles. The third-order valence-corrected chi connectivity index (χ3v) is 8.89. The fourth-order valence-corrected chi connectivity index (χ4v) is 6.29. The smallest absolute Gasteiger partial charge is 0.164 e. The van der Waals surface area contributed by atoms with E-state index in [9.17, 15) is 0 Å². The topological polar surface area (TPSA) is 38.7 Å². The zero-order valence-corrected chi connectivity index (χ0v) is 26.2. The Balaban J connectivity index is 1.41. The predicted octanol–water partition coefficient (Wildman–Crippen LogP) is 10.9. The summed E-state index contributed by atoms with van der Waals surface area (Å²) in [7, 11) is 0. The first-order valence-corrected chi connectivity index (χ1v) is 15.3. The first-order chi connectivity index (χ1) is 21.7. The average Bonchev–Trinajstić information content (AvgIpc) is 3.30. The highest BCUT2D eigenvalue weighted by Gasteiger charge is 2.36. The van der Waals surface area contributed by atoms with Crippen LogP contribution in [0.5, 0.6) is 0 Å². The molecule has 5 aromatic carbocycles. The van der Waals surface area contributed by atoms with E-state index in [2.05, 4.69) is 113 Å². The van der Waals surface area contributed by atoms with Crippen LogP contribution in [-0.2, 0) is 5.41 Å². The van der Waals surface area contributed by atoms with Crippen molar-refractivity contribution in [1.29, 1.82) is 0 Å². The van der Waals surface area contributed by atoms with Gasteiger partial charge in [0.25, 0.3) is 0 Å². The van der Waals surface area contributed by atoms with E-state index in [0.717, 1.165) is 44.5 Å². The van der Waals surface area contributed by atoms with Crippen molar-refractivity contribution in [3.05, 3.63) is 151 Å². The lowest BCUT2D eigenvalue weighted by Gasteiger charge is -2.22. The van der Waals surface area contributed by atoms with Crippen molar-refractivity contribution in [3.8, 4) is 56.4 Å². The van der Waals surface area contributed by atoms with E-state index in [1.165, 1.54) is 27.8 Å². The van der Waals surface area contributed by atoms with Crippen LogP contribution < -0.4 is 0 Å². The molecule has 0 N–H and O–H groups in total. The molecule has 6 aromatic rings. The molecule has 1 aromatic heterocycles. The summed E-state index contributed by atoms with van der Waals surface area (Å²) in [5.74, 6) is 1.93. The fraction of sp³-hybridized carbons (Fsp3) is 0.119. The van der Waals surface area contributed by atoms with E-state index in [1.807, 2.05) is 43.3 Å². The van der Waals surface area contributed by atoms with Crippen molar-refractivity contribution < 1.29 is 0 Å². The lowest BCUT2D eigenvalue weighted by Crippen LogP contribution is -2.15. The quantitative estimate of drug-likeness (QED) is 0.196. The number of hydrogen-bond acceptors (Lipinski definition) is 3. The second kappa shape index (κ2) is 10.9. The highest BCUT2D eigenvalue weighted by molar-refractivity contribution is 5.85. The summed E-state index contributed by atoms with van der Waals surface area (Å²) in [6, 6.07) is 40.3. The van der Waals surface area contributed by atoms with Crippen LogP contribution >= 0.6 is 0 Å². The minimum Gasteiger partial charge on any atom is -0.208 e. The van der Waals surface area contributed by atoms with Crippen molar-refractivity contribution in [2.75, 3.05) is 0 Å². The number of benzene rings is 5. The average molecular weight is 582 g/mol. The molecule has 0 saturated heterocycles. The molecule has 1 aliphatic rings. The molecule has 0 aliphatic heterocycles. The lowest BCUT2D eigenvalue weighted by molar-refractivity contribution is 0.660. The summed E-state index contributed by atoms with van der Waals surface area (Å²) in [6.07, 6.45) is 0. The Morgan fingerprint density at radius 2 is 0.978 bits per heavy atom. The van der Waals surface area contributed by atoms with E-state index in [0.29, 0.717) is 17.5 Å². The van der Waals surface area contributed by atoms with E-state index in [4.69, 9.17) is 15.0 Å². The third-order valence-electron chi connectivity index (χ3n) is 8.89. The predicted molar refractivity (Wildman–Crippen MR) is 189 cm³/mol. The number of hydrogen-bond donors (Lipinski definition) is 0. The summed E-state index contributed by atoms with van der Waals surface area (Å²) >= 11 is 0. The highest BCUT2D eigenvalue weighted by atomic mass is 15.0. The first kappa shape index (κ1) is 28.4. The molecule has 0 bridgehead atoms. The summed E-state index contributed by atoms with van der Waals surface area (Å²) in [4.78, 5) is 15.2. The normalized spacial score (nSPS) is 12.8. The Bertz CT molecular complexity index is 2120. The molecular formula is C42H35N3. The summed E-state index contributed by atoms with van der Waals surface area (Å²) in [5.41, 5.74) is 14.3. The van der Waals surface area contributed by atoms with Gasteiger partial charge in [-0.25, -0.2) is 15.0 Å². The molecule has 0 saturated carbocycles. The van der Waals surface area contributed by atoms with Crippen molar-refractivity contribution in [1.82, 2.24) is 15.0 Å². The van der Waals surface area contributed by atoms with Gasteiger partial charge in [0.2, 0.25) is 0 Å². The van der Waals surface area contributed by atoms with Crippen LogP contribution in [0.1, 0.15) is 49.9 Å².